The lowest BCUT2D eigenvalue weighted by Gasteiger charge is -2.33. The Labute approximate surface area is 130 Å². The summed E-state index contributed by atoms with van der Waals surface area (Å²) in [6, 6.07) is 0.456. The van der Waals surface area contributed by atoms with Gasteiger partial charge in [0.2, 0.25) is 0 Å². The van der Waals surface area contributed by atoms with E-state index in [4.69, 9.17) is 16.6 Å². The zero-order valence-electron chi connectivity index (χ0n) is 13.1. The Balaban J connectivity index is 2.09. The van der Waals surface area contributed by atoms with Crippen molar-refractivity contribution in [3.63, 3.8) is 0 Å². The van der Waals surface area contributed by atoms with Gasteiger partial charge in [-0.2, -0.15) is 5.10 Å². The molecule has 1 unspecified atom stereocenters. The van der Waals surface area contributed by atoms with Gasteiger partial charge in [0.15, 0.2) is 5.65 Å². The van der Waals surface area contributed by atoms with Crippen molar-refractivity contribution < 1.29 is 0 Å². The minimum absolute atomic E-state index is 0.456. The molecule has 6 heteroatoms. The molecule has 0 radical (unpaired) electrons. The molecule has 116 valence electrons. The summed E-state index contributed by atoms with van der Waals surface area (Å²) in [5, 5.41) is 4.61. The number of aromatic nitrogens is 4. The van der Waals surface area contributed by atoms with Crippen LogP contribution < -0.4 is 0 Å². The first-order valence-corrected chi connectivity index (χ1v) is 8.44. The molecule has 1 aliphatic heterocycles. The van der Waals surface area contributed by atoms with Crippen LogP contribution in [0.15, 0.2) is 0 Å². The molecular weight excluding hydrogens is 286 g/mol. The number of hydrogen-bond acceptors (Lipinski definition) is 3. The van der Waals surface area contributed by atoms with Gasteiger partial charge in [-0.25, -0.2) is 4.98 Å². The molecule has 0 aliphatic carbocycles. The van der Waals surface area contributed by atoms with E-state index in [1.807, 2.05) is 11.7 Å². The normalized spacial score (nSPS) is 20.5. The summed E-state index contributed by atoms with van der Waals surface area (Å²) < 4.78 is 4.32. The van der Waals surface area contributed by atoms with Gasteiger partial charge in [-0.05, 0) is 32.4 Å². The van der Waals surface area contributed by atoms with Crippen LogP contribution in [0.5, 0.6) is 0 Å². The Kier molecular flexibility index (Phi) is 4.22. The van der Waals surface area contributed by atoms with Gasteiger partial charge in [0, 0.05) is 19.6 Å². The average Bonchev–Trinajstić information content (AvgIpc) is 3.04. The Bertz CT molecular complexity index is 630. The third-order valence-electron chi connectivity index (χ3n) is 4.56. The monoisotopic (exact) mass is 309 g/mol. The highest BCUT2D eigenvalue weighted by Gasteiger charge is 2.27. The van der Waals surface area contributed by atoms with Crippen molar-refractivity contribution in [2.75, 3.05) is 19.6 Å². The van der Waals surface area contributed by atoms with E-state index in [9.17, 15) is 0 Å². The predicted octanol–water partition coefficient (Wildman–Crippen LogP) is 2.73. The summed E-state index contributed by atoms with van der Waals surface area (Å²) >= 11 is 6.17. The number of rotatable bonds is 4. The molecule has 0 bridgehead atoms. The standard InChI is InChI=1S/C15H24ClN5/c1-4-12-14-15(19(3)18-12)21(13(9-16)17-14)11-7-6-8-20(5-2)10-11/h11H,4-10H2,1-3H3. The molecule has 3 rings (SSSR count). The molecule has 3 heterocycles. The van der Waals surface area contributed by atoms with Crippen molar-refractivity contribution >= 4 is 22.8 Å². The highest BCUT2D eigenvalue weighted by molar-refractivity contribution is 6.16. The summed E-state index contributed by atoms with van der Waals surface area (Å²) in [7, 11) is 2.01. The molecule has 1 atom stereocenters. The molecule has 5 nitrogen and oxygen atoms in total. The number of piperidine rings is 1. The Morgan fingerprint density at radius 3 is 2.81 bits per heavy atom. The highest BCUT2D eigenvalue weighted by Crippen LogP contribution is 2.29. The minimum atomic E-state index is 0.456. The molecule has 2 aromatic heterocycles. The topological polar surface area (TPSA) is 38.9 Å². The van der Waals surface area contributed by atoms with Crippen LogP contribution in [0, 0.1) is 0 Å². The molecule has 1 fully saturated rings. The number of aryl methyl sites for hydroxylation is 2. The van der Waals surface area contributed by atoms with E-state index in [0.29, 0.717) is 11.9 Å². The zero-order valence-corrected chi connectivity index (χ0v) is 13.9. The second-order valence-corrected chi connectivity index (χ2v) is 6.08. The number of likely N-dealkylation sites (tertiary alicyclic amines) is 1. The van der Waals surface area contributed by atoms with Gasteiger partial charge in [-0.3, -0.25) is 4.68 Å². The van der Waals surface area contributed by atoms with Gasteiger partial charge in [-0.15, -0.1) is 11.6 Å². The molecule has 0 N–H and O–H groups in total. The van der Waals surface area contributed by atoms with E-state index in [1.54, 1.807) is 0 Å². The van der Waals surface area contributed by atoms with Crippen molar-refractivity contribution in [2.24, 2.45) is 7.05 Å². The Morgan fingerprint density at radius 1 is 1.33 bits per heavy atom. The number of imidazole rings is 1. The van der Waals surface area contributed by atoms with E-state index >= 15 is 0 Å². The van der Waals surface area contributed by atoms with Gasteiger partial charge in [0.1, 0.15) is 11.3 Å². The largest absolute Gasteiger partial charge is 0.307 e. The molecular formula is C15H24ClN5. The molecule has 1 saturated heterocycles. The Morgan fingerprint density at radius 2 is 2.14 bits per heavy atom. The predicted molar refractivity (Wildman–Crippen MR) is 85.8 cm³/mol. The van der Waals surface area contributed by atoms with Crippen LogP contribution in [0.2, 0.25) is 0 Å². The van der Waals surface area contributed by atoms with Gasteiger partial charge in [0.25, 0.3) is 0 Å². The van der Waals surface area contributed by atoms with Crippen molar-refractivity contribution in [1.82, 2.24) is 24.2 Å². The number of fused-ring (bicyclic) bond motifs is 1. The fourth-order valence-corrected chi connectivity index (χ4v) is 3.68. The summed E-state index contributed by atoms with van der Waals surface area (Å²) in [6.45, 7) is 7.75. The van der Waals surface area contributed by atoms with Gasteiger partial charge in [-0.1, -0.05) is 13.8 Å². The van der Waals surface area contributed by atoms with E-state index < -0.39 is 0 Å². The molecule has 21 heavy (non-hydrogen) atoms. The third kappa shape index (κ3) is 2.46. The van der Waals surface area contributed by atoms with Gasteiger partial charge in [0.05, 0.1) is 11.6 Å². The number of halogens is 1. The molecule has 0 aromatic carbocycles. The van der Waals surface area contributed by atoms with E-state index in [1.165, 1.54) is 19.4 Å². The fraction of sp³-hybridized carbons (Fsp3) is 0.733. The number of alkyl halides is 1. The lowest BCUT2D eigenvalue weighted by Crippen LogP contribution is -2.37. The first-order chi connectivity index (χ1) is 10.2. The highest BCUT2D eigenvalue weighted by atomic mass is 35.5. The van der Waals surface area contributed by atoms with E-state index in [0.717, 1.165) is 42.2 Å². The fourth-order valence-electron chi connectivity index (χ4n) is 3.49. The summed E-state index contributed by atoms with van der Waals surface area (Å²) in [5.41, 5.74) is 3.23. The van der Waals surface area contributed by atoms with Crippen LogP contribution in [0.4, 0.5) is 0 Å². The second kappa shape index (κ2) is 5.97. The maximum absolute atomic E-state index is 6.17. The number of nitrogens with zero attached hydrogens (tertiary/aromatic N) is 5. The quantitative estimate of drug-likeness (QED) is 0.815. The van der Waals surface area contributed by atoms with Crippen LogP contribution in [0.3, 0.4) is 0 Å². The average molecular weight is 310 g/mol. The molecule has 0 spiro atoms. The smallest absolute Gasteiger partial charge is 0.159 e. The molecule has 0 saturated carbocycles. The Hall–Kier alpha value is -1.07. The maximum Gasteiger partial charge on any atom is 0.159 e. The summed E-state index contributed by atoms with van der Waals surface area (Å²) in [5.74, 6) is 1.44. The van der Waals surface area contributed by atoms with Crippen LogP contribution in [-0.2, 0) is 19.3 Å². The number of likely N-dealkylation sites (N-methyl/N-ethyl adjacent to an activating group) is 1. The van der Waals surface area contributed by atoms with Crippen molar-refractivity contribution in [1.29, 1.82) is 0 Å². The van der Waals surface area contributed by atoms with Crippen LogP contribution in [0.25, 0.3) is 11.2 Å². The summed E-state index contributed by atoms with van der Waals surface area (Å²) in [6.07, 6.45) is 3.33. The number of hydrogen-bond donors (Lipinski definition) is 0. The van der Waals surface area contributed by atoms with Crippen molar-refractivity contribution in [3.05, 3.63) is 11.5 Å². The summed E-state index contributed by atoms with van der Waals surface area (Å²) in [4.78, 5) is 7.29. The first kappa shape index (κ1) is 14.9. The lowest BCUT2D eigenvalue weighted by molar-refractivity contribution is 0.185. The lowest BCUT2D eigenvalue weighted by atomic mass is 10.1. The maximum atomic E-state index is 6.17. The SMILES string of the molecule is CCc1nn(C)c2c1nc(CCl)n2C1CCCN(CC)C1. The van der Waals surface area contributed by atoms with Crippen molar-refractivity contribution in [3.8, 4) is 0 Å². The van der Waals surface area contributed by atoms with E-state index in [-0.39, 0.29) is 0 Å². The second-order valence-electron chi connectivity index (χ2n) is 5.82. The minimum Gasteiger partial charge on any atom is -0.307 e. The molecule has 2 aromatic rings. The zero-order chi connectivity index (χ0) is 15.0. The molecule has 0 amide bonds. The van der Waals surface area contributed by atoms with Gasteiger partial charge < -0.3 is 9.47 Å². The third-order valence-corrected chi connectivity index (χ3v) is 4.80. The molecule has 1 aliphatic rings. The van der Waals surface area contributed by atoms with Crippen LogP contribution in [0.1, 0.15) is 44.2 Å². The van der Waals surface area contributed by atoms with Gasteiger partial charge >= 0.3 is 0 Å². The first-order valence-electron chi connectivity index (χ1n) is 7.90. The van der Waals surface area contributed by atoms with E-state index in [2.05, 4.69) is 28.4 Å². The van der Waals surface area contributed by atoms with Crippen molar-refractivity contribution in [2.45, 2.75) is 45.0 Å². The van der Waals surface area contributed by atoms with Crippen LogP contribution in [-0.4, -0.2) is 43.9 Å². The van der Waals surface area contributed by atoms with Crippen LogP contribution >= 0.6 is 11.6 Å².